The summed E-state index contributed by atoms with van der Waals surface area (Å²) < 4.78 is 14.7. The van der Waals surface area contributed by atoms with Crippen molar-refractivity contribution < 1.29 is 8.83 Å². The molecule has 0 aliphatic heterocycles. The molecule has 3 aromatic heterocycles. The van der Waals surface area contributed by atoms with Gasteiger partial charge in [-0.15, -0.1) is 11.3 Å². The minimum Gasteiger partial charge on any atom is -0.436 e. The van der Waals surface area contributed by atoms with Gasteiger partial charge in [-0.05, 0) is 127 Å². The zero-order valence-electron chi connectivity index (χ0n) is 32.0. The lowest BCUT2D eigenvalue weighted by molar-refractivity contribution is 0.619. The first kappa shape index (κ1) is 34.9. The van der Waals surface area contributed by atoms with Gasteiger partial charge in [-0.3, -0.25) is 0 Å². The second-order valence-electron chi connectivity index (χ2n) is 14.9. The molecule has 6 heteroatoms. The molecule has 1 unspecified atom stereocenters. The van der Waals surface area contributed by atoms with Gasteiger partial charge in [0.05, 0.1) is 0 Å². The Hall–Kier alpha value is -7.28. The molecule has 0 bridgehead atoms. The molecule has 0 saturated heterocycles. The minimum atomic E-state index is 0.254. The molecule has 0 aliphatic carbocycles. The van der Waals surface area contributed by atoms with Gasteiger partial charge in [0.15, 0.2) is 11.2 Å². The number of thiophene rings is 1. The van der Waals surface area contributed by atoms with Crippen molar-refractivity contribution in [2.24, 2.45) is 0 Å². The Balaban J connectivity index is 0.896. The molecule has 0 spiro atoms. The molecular weight excluding hydrogens is 743 g/mol. The molecule has 0 N–H and O–H groups in total. The summed E-state index contributed by atoms with van der Waals surface area (Å²) in [5, 5.41) is 2.53. The molecule has 1 atom stereocenters. The second-order valence-corrected chi connectivity index (χ2v) is 16.0. The predicted molar refractivity (Wildman–Crippen MR) is 243 cm³/mol. The quantitative estimate of drug-likeness (QED) is 0.138. The van der Waals surface area contributed by atoms with Crippen LogP contribution in [0, 0.1) is 0 Å². The third kappa shape index (κ3) is 6.73. The molecule has 0 aliphatic rings. The highest BCUT2D eigenvalue weighted by Crippen LogP contribution is 2.42. The molecule has 0 amide bonds. The van der Waals surface area contributed by atoms with Gasteiger partial charge < -0.3 is 13.7 Å². The third-order valence-electron chi connectivity index (χ3n) is 11.2. The number of fused-ring (bicyclic) bond motifs is 5. The molecule has 8 aromatic carbocycles. The van der Waals surface area contributed by atoms with Crippen molar-refractivity contribution in [3.8, 4) is 22.9 Å². The van der Waals surface area contributed by atoms with E-state index in [0.29, 0.717) is 11.8 Å². The Bertz CT molecular complexity index is 3160. The van der Waals surface area contributed by atoms with Crippen molar-refractivity contribution >= 4 is 70.8 Å². The maximum Gasteiger partial charge on any atom is 0.227 e. The first-order valence-corrected chi connectivity index (χ1v) is 20.8. The Morgan fingerprint density at radius 1 is 0.458 bits per heavy atom. The van der Waals surface area contributed by atoms with E-state index in [9.17, 15) is 0 Å². The summed E-state index contributed by atoms with van der Waals surface area (Å²) in [6, 6.07) is 68.4. The molecule has 0 radical (unpaired) electrons. The van der Waals surface area contributed by atoms with Crippen molar-refractivity contribution in [3.05, 3.63) is 211 Å². The van der Waals surface area contributed by atoms with E-state index in [2.05, 4.69) is 150 Å². The molecule has 11 rings (SSSR count). The van der Waals surface area contributed by atoms with Crippen molar-refractivity contribution in [3.63, 3.8) is 0 Å². The van der Waals surface area contributed by atoms with Crippen LogP contribution in [0.5, 0.6) is 0 Å². The van der Waals surface area contributed by atoms with Crippen LogP contribution >= 0.6 is 11.3 Å². The maximum absolute atomic E-state index is 6.08. The normalized spacial score (nSPS) is 12.1. The molecule has 0 fully saturated rings. The van der Waals surface area contributed by atoms with Crippen LogP contribution in [0.15, 0.2) is 203 Å². The maximum atomic E-state index is 6.08. The highest BCUT2D eigenvalue weighted by molar-refractivity contribution is 7.25. The van der Waals surface area contributed by atoms with Crippen LogP contribution in [0.3, 0.4) is 0 Å². The van der Waals surface area contributed by atoms with Crippen LogP contribution in [0.4, 0.5) is 17.1 Å². The Morgan fingerprint density at radius 2 is 1.03 bits per heavy atom. The number of anilines is 3. The lowest BCUT2D eigenvalue weighted by atomic mass is 9.86. The van der Waals surface area contributed by atoms with Crippen LogP contribution < -0.4 is 4.90 Å². The standard InChI is InChI=1S/C53H37N3O2S/c1-3-11-36(12-4-1)43(30-21-35-19-22-37(23-20-35)52-54-46-15-7-9-17-48(46)57-52)39-26-31-44-45-34-42(29-32-50(45)59-51(44)33-39)56(40-13-5-2-6-14-40)41-27-24-38(25-28-41)53-55-47-16-8-10-18-49(47)58-53/h1-20,22-29,31-34,43H,21,30H2. The van der Waals surface area contributed by atoms with E-state index in [1.165, 1.54) is 36.9 Å². The van der Waals surface area contributed by atoms with E-state index in [1.54, 1.807) is 0 Å². The van der Waals surface area contributed by atoms with Crippen molar-refractivity contribution in [2.45, 2.75) is 18.8 Å². The first-order chi connectivity index (χ1) is 29.2. The van der Waals surface area contributed by atoms with Crippen LogP contribution in [0.2, 0.25) is 0 Å². The van der Waals surface area contributed by atoms with E-state index in [0.717, 1.165) is 63.2 Å². The third-order valence-corrected chi connectivity index (χ3v) is 12.4. The summed E-state index contributed by atoms with van der Waals surface area (Å²) in [6.45, 7) is 0. The predicted octanol–water partition coefficient (Wildman–Crippen LogP) is 14.9. The van der Waals surface area contributed by atoms with E-state index in [-0.39, 0.29) is 5.92 Å². The average Bonchev–Trinajstić information content (AvgIpc) is 4.03. The Kier molecular flexibility index (Phi) is 8.82. The average molecular weight is 780 g/mol. The number of hydrogen-bond acceptors (Lipinski definition) is 6. The van der Waals surface area contributed by atoms with Gasteiger partial charge in [0, 0.05) is 54.3 Å². The molecular formula is C53H37N3O2S. The molecule has 282 valence electrons. The molecule has 59 heavy (non-hydrogen) atoms. The zero-order chi connectivity index (χ0) is 39.1. The second kappa shape index (κ2) is 14.9. The van der Waals surface area contributed by atoms with Crippen molar-refractivity contribution in [2.75, 3.05) is 4.90 Å². The number of aryl methyl sites for hydroxylation is 1. The van der Waals surface area contributed by atoms with Gasteiger partial charge in [-0.1, -0.05) is 97.1 Å². The largest absolute Gasteiger partial charge is 0.436 e. The smallest absolute Gasteiger partial charge is 0.227 e. The fourth-order valence-corrected chi connectivity index (χ4v) is 9.38. The molecule has 0 saturated carbocycles. The fraction of sp³-hybridized carbons (Fsp3) is 0.0566. The number of benzene rings is 8. The monoisotopic (exact) mass is 779 g/mol. The van der Waals surface area contributed by atoms with Gasteiger partial charge in [0.2, 0.25) is 11.8 Å². The lowest BCUT2D eigenvalue weighted by Gasteiger charge is -2.25. The van der Waals surface area contributed by atoms with Gasteiger partial charge in [-0.25, -0.2) is 9.97 Å². The zero-order valence-corrected chi connectivity index (χ0v) is 32.8. The van der Waals surface area contributed by atoms with E-state index < -0.39 is 0 Å². The van der Waals surface area contributed by atoms with E-state index >= 15 is 0 Å². The number of para-hydroxylation sites is 5. The fourth-order valence-electron chi connectivity index (χ4n) is 8.24. The summed E-state index contributed by atoms with van der Waals surface area (Å²) in [7, 11) is 0. The van der Waals surface area contributed by atoms with Crippen molar-refractivity contribution in [1.29, 1.82) is 0 Å². The van der Waals surface area contributed by atoms with Gasteiger partial charge in [0.25, 0.3) is 0 Å². The van der Waals surface area contributed by atoms with Crippen LogP contribution in [-0.2, 0) is 6.42 Å². The topological polar surface area (TPSA) is 55.3 Å². The van der Waals surface area contributed by atoms with E-state index in [4.69, 9.17) is 18.8 Å². The van der Waals surface area contributed by atoms with Gasteiger partial charge in [-0.2, -0.15) is 0 Å². The van der Waals surface area contributed by atoms with Crippen LogP contribution in [0.25, 0.3) is 65.3 Å². The Morgan fingerprint density at radius 3 is 1.69 bits per heavy atom. The SMILES string of the molecule is c1ccc(C(CCc2ccc(-c3nc4ccccc4o3)cc2)c2ccc3c(c2)sc2ccc(N(c4ccccc4)c4ccc(-c5nc6ccccc6o5)cc4)cc23)cc1. The van der Waals surface area contributed by atoms with Crippen molar-refractivity contribution in [1.82, 2.24) is 9.97 Å². The lowest BCUT2D eigenvalue weighted by Crippen LogP contribution is -2.09. The molecule has 5 nitrogen and oxygen atoms in total. The van der Waals surface area contributed by atoms with E-state index in [1.807, 2.05) is 59.9 Å². The molecule has 11 aromatic rings. The summed E-state index contributed by atoms with van der Waals surface area (Å²) in [4.78, 5) is 11.7. The van der Waals surface area contributed by atoms with Gasteiger partial charge in [0.1, 0.15) is 11.0 Å². The first-order valence-electron chi connectivity index (χ1n) is 20.0. The summed E-state index contributed by atoms with van der Waals surface area (Å²) >= 11 is 1.87. The number of aromatic nitrogens is 2. The minimum absolute atomic E-state index is 0.254. The number of nitrogens with zero attached hydrogens (tertiary/aromatic N) is 3. The Labute approximate surface area is 345 Å². The molecule has 3 heterocycles. The number of oxazole rings is 2. The van der Waals surface area contributed by atoms with Crippen LogP contribution in [-0.4, -0.2) is 9.97 Å². The number of rotatable bonds is 10. The number of hydrogen-bond donors (Lipinski definition) is 0. The summed E-state index contributed by atoms with van der Waals surface area (Å²) in [5.41, 5.74) is 12.5. The van der Waals surface area contributed by atoms with Gasteiger partial charge >= 0.3 is 0 Å². The highest BCUT2D eigenvalue weighted by Gasteiger charge is 2.19. The summed E-state index contributed by atoms with van der Waals surface area (Å²) in [5.74, 6) is 1.53. The highest BCUT2D eigenvalue weighted by atomic mass is 32.1. The summed E-state index contributed by atoms with van der Waals surface area (Å²) in [6.07, 6.45) is 1.94. The van der Waals surface area contributed by atoms with Crippen LogP contribution in [0.1, 0.15) is 29.0 Å².